The van der Waals surface area contributed by atoms with Crippen LogP contribution >= 0.6 is 0 Å². The maximum atomic E-state index is 12.8. The number of fused-ring (bicyclic) bond motifs is 1. The quantitative estimate of drug-likeness (QED) is 0.901. The van der Waals surface area contributed by atoms with Crippen molar-refractivity contribution in [2.24, 2.45) is 0 Å². The molecular weight excluding hydrogens is 264 g/mol. The molecule has 1 amide bonds. The van der Waals surface area contributed by atoms with Crippen LogP contribution in [-0.4, -0.2) is 42.6 Å². The van der Waals surface area contributed by atoms with E-state index >= 15 is 0 Å². The summed E-state index contributed by atoms with van der Waals surface area (Å²) in [4.78, 5) is 14.8. The van der Waals surface area contributed by atoms with Crippen LogP contribution in [-0.2, 0) is 11.2 Å². The molecule has 2 aliphatic heterocycles. The molecule has 1 N–H and O–H groups in total. The number of hydrogen-bond acceptors (Lipinski definition) is 3. The fourth-order valence-corrected chi connectivity index (χ4v) is 3.26. The Morgan fingerprint density at radius 1 is 1.43 bits per heavy atom. The molecule has 2 aliphatic rings. The highest BCUT2D eigenvalue weighted by Crippen LogP contribution is 2.29. The van der Waals surface area contributed by atoms with Gasteiger partial charge in [-0.1, -0.05) is 25.1 Å². The first-order valence-electron chi connectivity index (χ1n) is 8.04. The number of amides is 1. The number of rotatable bonds is 5. The number of para-hydroxylation sites is 1. The summed E-state index contributed by atoms with van der Waals surface area (Å²) in [6.45, 7) is 4.81. The van der Waals surface area contributed by atoms with Gasteiger partial charge in [0.2, 0.25) is 0 Å². The number of nitrogens with one attached hydrogen (secondary N) is 1. The minimum Gasteiger partial charge on any atom is -0.480 e. The van der Waals surface area contributed by atoms with Gasteiger partial charge in [0.15, 0.2) is 6.10 Å². The number of nitrogens with zero attached hydrogens (tertiary/aromatic N) is 1. The summed E-state index contributed by atoms with van der Waals surface area (Å²) in [5, 5.41) is 3.47. The second-order valence-electron chi connectivity index (χ2n) is 6.00. The Bertz CT molecular complexity index is 472. The lowest BCUT2D eigenvalue weighted by atomic mass is 10.1. The Kier molecular flexibility index (Phi) is 4.44. The third-order valence-electron chi connectivity index (χ3n) is 4.33. The van der Waals surface area contributed by atoms with Crippen LogP contribution in [0.1, 0.15) is 31.7 Å². The summed E-state index contributed by atoms with van der Waals surface area (Å²) in [6.07, 6.45) is 3.73. The number of ether oxygens (including phenoxy) is 1. The average molecular weight is 288 g/mol. The summed E-state index contributed by atoms with van der Waals surface area (Å²) in [5.41, 5.74) is 1.14. The van der Waals surface area contributed by atoms with E-state index in [-0.39, 0.29) is 12.0 Å². The normalized spacial score (nSPS) is 23.7. The number of carbonyl (C=O) groups excluding carboxylic acids is 1. The van der Waals surface area contributed by atoms with E-state index in [4.69, 9.17) is 4.74 Å². The Morgan fingerprint density at radius 2 is 2.29 bits per heavy atom. The van der Waals surface area contributed by atoms with Crippen molar-refractivity contribution in [3.05, 3.63) is 29.8 Å². The molecule has 1 saturated heterocycles. The van der Waals surface area contributed by atoms with Crippen molar-refractivity contribution >= 4 is 5.91 Å². The fourth-order valence-electron chi connectivity index (χ4n) is 3.26. The van der Waals surface area contributed by atoms with Crippen LogP contribution in [0, 0.1) is 0 Å². The van der Waals surface area contributed by atoms with Crippen molar-refractivity contribution in [3.63, 3.8) is 0 Å². The molecule has 0 bridgehead atoms. The Hall–Kier alpha value is -1.55. The highest BCUT2D eigenvalue weighted by Gasteiger charge is 2.33. The third kappa shape index (κ3) is 3.21. The highest BCUT2D eigenvalue weighted by atomic mass is 16.5. The van der Waals surface area contributed by atoms with E-state index in [2.05, 4.69) is 12.2 Å². The van der Waals surface area contributed by atoms with Crippen molar-refractivity contribution in [3.8, 4) is 5.75 Å². The first-order chi connectivity index (χ1) is 10.3. The molecule has 21 heavy (non-hydrogen) atoms. The molecule has 0 saturated carbocycles. The topological polar surface area (TPSA) is 41.6 Å². The van der Waals surface area contributed by atoms with Gasteiger partial charge in [0.1, 0.15) is 5.75 Å². The van der Waals surface area contributed by atoms with Crippen LogP contribution in [0.2, 0.25) is 0 Å². The van der Waals surface area contributed by atoms with E-state index in [0.29, 0.717) is 12.5 Å². The van der Waals surface area contributed by atoms with Crippen LogP contribution in [0.15, 0.2) is 24.3 Å². The summed E-state index contributed by atoms with van der Waals surface area (Å²) in [7, 11) is 0. The summed E-state index contributed by atoms with van der Waals surface area (Å²) in [5.74, 6) is 1.01. The summed E-state index contributed by atoms with van der Waals surface area (Å²) >= 11 is 0. The minimum atomic E-state index is -0.338. The molecule has 0 radical (unpaired) electrons. The molecule has 2 heterocycles. The maximum absolute atomic E-state index is 12.8. The van der Waals surface area contributed by atoms with E-state index in [9.17, 15) is 4.79 Å². The lowest BCUT2D eigenvalue weighted by molar-refractivity contribution is -0.138. The van der Waals surface area contributed by atoms with Crippen molar-refractivity contribution in [1.29, 1.82) is 0 Å². The standard InChI is InChI=1S/C17H24N2O2/c1-2-10-19(12-14-7-5-9-18-14)17(20)16-11-13-6-3-4-8-15(13)21-16/h3-4,6,8,14,16,18H,2,5,7,9-12H2,1H3. The van der Waals surface area contributed by atoms with Gasteiger partial charge in [-0.3, -0.25) is 4.79 Å². The lowest BCUT2D eigenvalue weighted by Gasteiger charge is -2.27. The van der Waals surface area contributed by atoms with E-state index in [1.54, 1.807) is 0 Å². The van der Waals surface area contributed by atoms with Gasteiger partial charge in [-0.05, 0) is 37.4 Å². The number of carbonyl (C=O) groups is 1. The van der Waals surface area contributed by atoms with Gasteiger partial charge in [-0.15, -0.1) is 0 Å². The molecule has 0 aromatic heterocycles. The fraction of sp³-hybridized carbons (Fsp3) is 0.588. The van der Waals surface area contributed by atoms with Crippen LogP contribution in [0.4, 0.5) is 0 Å². The molecule has 4 heteroatoms. The smallest absolute Gasteiger partial charge is 0.264 e. The predicted molar refractivity (Wildman–Crippen MR) is 82.5 cm³/mol. The number of hydrogen-bond donors (Lipinski definition) is 1. The summed E-state index contributed by atoms with van der Waals surface area (Å²) in [6, 6.07) is 8.40. The Labute approximate surface area is 126 Å². The zero-order valence-electron chi connectivity index (χ0n) is 12.7. The van der Waals surface area contributed by atoms with Gasteiger partial charge in [0, 0.05) is 25.6 Å². The molecule has 114 valence electrons. The monoisotopic (exact) mass is 288 g/mol. The van der Waals surface area contributed by atoms with Crippen LogP contribution in [0.25, 0.3) is 0 Å². The minimum absolute atomic E-state index is 0.141. The zero-order chi connectivity index (χ0) is 14.7. The number of benzene rings is 1. The van der Waals surface area contributed by atoms with Crippen LogP contribution in [0.5, 0.6) is 5.75 Å². The zero-order valence-corrected chi connectivity index (χ0v) is 12.7. The van der Waals surface area contributed by atoms with Crippen molar-refractivity contribution in [2.75, 3.05) is 19.6 Å². The van der Waals surface area contributed by atoms with Gasteiger partial charge < -0.3 is 15.0 Å². The molecule has 1 aromatic carbocycles. The molecule has 3 rings (SSSR count). The Balaban J connectivity index is 1.64. The molecule has 4 nitrogen and oxygen atoms in total. The second-order valence-corrected chi connectivity index (χ2v) is 6.00. The second kappa shape index (κ2) is 6.48. The third-order valence-corrected chi connectivity index (χ3v) is 4.33. The first kappa shape index (κ1) is 14.4. The molecule has 0 spiro atoms. The van der Waals surface area contributed by atoms with E-state index < -0.39 is 0 Å². The van der Waals surface area contributed by atoms with Gasteiger partial charge in [-0.2, -0.15) is 0 Å². The summed E-state index contributed by atoms with van der Waals surface area (Å²) < 4.78 is 5.85. The SMILES string of the molecule is CCCN(CC1CCCN1)C(=O)C1Cc2ccccc2O1. The van der Waals surface area contributed by atoms with E-state index in [1.165, 1.54) is 12.8 Å². The molecular formula is C17H24N2O2. The first-order valence-corrected chi connectivity index (χ1v) is 8.04. The van der Waals surface area contributed by atoms with Crippen molar-refractivity contribution in [1.82, 2.24) is 10.2 Å². The van der Waals surface area contributed by atoms with E-state index in [1.807, 2.05) is 29.2 Å². The average Bonchev–Trinajstić information content (AvgIpc) is 3.14. The van der Waals surface area contributed by atoms with Crippen LogP contribution in [0.3, 0.4) is 0 Å². The molecule has 2 unspecified atom stereocenters. The van der Waals surface area contributed by atoms with Gasteiger partial charge in [0.05, 0.1) is 0 Å². The molecule has 2 atom stereocenters. The van der Waals surface area contributed by atoms with Crippen LogP contribution < -0.4 is 10.1 Å². The highest BCUT2D eigenvalue weighted by molar-refractivity contribution is 5.82. The van der Waals surface area contributed by atoms with E-state index in [0.717, 1.165) is 37.4 Å². The van der Waals surface area contributed by atoms with Gasteiger partial charge >= 0.3 is 0 Å². The van der Waals surface area contributed by atoms with Crippen molar-refractivity contribution < 1.29 is 9.53 Å². The predicted octanol–water partition coefficient (Wildman–Crippen LogP) is 1.98. The largest absolute Gasteiger partial charge is 0.480 e. The lowest BCUT2D eigenvalue weighted by Crippen LogP contribution is -2.47. The molecule has 0 aliphatic carbocycles. The van der Waals surface area contributed by atoms with Gasteiger partial charge in [0.25, 0.3) is 5.91 Å². The molecule has 1 fully saturated rings. The van der Waals surface area contributed by atoms with Gasteiger partial charge in [-0.25, -0.2) is 0 Å². The Morgan fingerprint density at radius 3 is 3.00 bits per heavy atom. The van der Waals surface area contributed by atoms with Crippen molar-refractivity contribution in [2.45, 2.75) is 44.8 Å². The maximum Gasteiger partial charge on any atom is 0.264 e. The molecule has 1 aromatic rings.